The lowest BCUT2D eigenvalue weighted by Crippen LogP contribution is -2.14. The molecule has 2 rings (SSSR count). The molecule has 0 saturated carbocycles. The smallest absolute Gasteiger partial charge is 0.255 e. The van der Waals surface area contributed by atoms with E-state index < -0.39 is 5.91 Å². The van der Waals surface area contributed by atoms with Crippen molar-refractivity contribution in [3.63, 3.8) is 0 Å². The van der Waals surface area contributed by atoms with E-state index in [4.69, 9.17) is 10.00 Å². The van der Waals surface area contributed by atoms with E-state index in [1.807, 2.05) is 6.07 Å². The van der Waals surface area contributed by atoms with Crippen LogP contribution in [0.5, 0.6) is 5.75 Å². The number of hydrogen-bond acceptors (Lipinski definition) is 4. The quantitative estimate of drug-likeness (QED) is 0.888. The van der Waals surface area contributed by atoms with Crippen LogP contribution in [-0.4, -0.2) is 18.9 Å². The van der Waals surface area contributed by atoms with Crippen LogP contribution >= 0.6 is 0 Å². The number of hydrogen-bond donors (Lipinski definition) is 2. The van der Waals surface area contributed by atoms with Crippen LogP contribution in [-0.2, 0) is 4.79 Å². The van der Waals surface area contributed by atoms with Gasteiger partial charge in [0, 0.05) is 11.3 Å². The van der Waals surface area contributed by atoms with Crippen molar-refractivity contribution in [1.29, 1.82) is 5.26 Å². The topological polar surface area (TPSA) is 91.2 Å². The Labute approximate surface area is 133 Å². The van der Waals surface area contributed by atoms with Crippen LogP contribution in [0.15, 0.2) is 48.5 Å². The van der Waals surface area contributed by atoms with Gasteiger partial charge in [-0.1, -0.05) is 18.2 Å². The number of nitrogens with one attached hydrogen (secondary N) is 2. The molecule has 2 N–H and O–H groups in total. The summed E-state index contributed by atoms with van der Waals surface area (Å²) in [7, 11) is 1.49. The van der Waals surface area contributed by atoms with E-state index in [0.717, 1.165) is 0 Å². The van der Waals surface area contributed by atoms with Gasteiger partial charge < -0.3 is 15.4 Å². The number of nitrogens with zero attached hydrogens (tertiary/aromatic N) is 1. The van der Waals surface area contributed by atoms with E-state index in [1.165, 1.54) is 7.11 Å². The predicted molar refractivity (Wildman–Crippen MR) is 86.2 cm³/mol. The van der Waals surface area contributed by atoms with Crippen LogP contribution in [0.4, 0.5) is 11.4 Å². The molecule has 2 aromatic carbocycles. The molecule has 0 unspecified atom stereocenters. The second-order valence-electron chi connectivity index (χ2n) is 4.62. The third kappa shape index (κ3) is 4.32. The van der Waals surface area contributed by atoms with E-state index in [0.29, 0.717) is 22.7 Å². The van der Waals surface area contributed by atoms with E-state index in [2.05, 4.69) is 10.6 Å². The molecule has 23 heavy (non-hydrogen) atoms. The van der Waals surface area contributed by atoms with Crippen LogP contribution in [0.1, 0.15) is 16.8 Å². The third-order valence-electron chi connectivity index (χ3n) is 3.01. The van der Waals surface area contributed by atoms with Gasteiger partial charge in [-0.3, -0.25) is 9.59 Å². The lowest BCUT2D eigenvalue weighted by molar-refractivity contribution is -0.115. The first-order valence-electron chi connectivity index (χ1n) is 6.85. The molecule has 0 aliphatic heterocycles. The SMILES string of the molecule is COc1ccc(NC(=O)CC#N)cc1NC(=O)c1ccccc1. The van der Waals surface area contributed by atoms with E-state index in [1.54, 1.807) is 48.5 Å². The van der Waals surface area contributed by atoms with Gasteiger partial charge in [0.1, 0.15) is 12.2 Å². The molecule has 0 aromatic heterocycles. The summed E-state index contributed by atoms with van der Waals surface area (Å²) in [5, 5.41) is 13.8. The minimum Gasteiger partial charge on any atom is -0.495 e. The maximum atomic E-state index is 12.2. The number of benzene rings is 2. The number of rotatable bonds is 5. The van der Waals surface area contributed by atoms with Crippen molar-refractivity contribution in [2.24, 2.45) is 0 Å². The predicted octanol–water partition coefficient (Wildman–Crippen LogP) is 2.80. The van der Waals surface area contributed by atoms with Crippen LogP contribution in [0.3, 0.4) is 0 Å². The summed E-state index contributed by atoms with van der Waals surface area (Å²) < 4.78 is 5.21. The Bertz CT molecular complexity index is 751. The van der Waals surface area contributed by atoms with Crippen molar-refractivity contribution in [2.45, 2.75) is 6.42 Å². The van der Waals surface area contributed by atoms with E-state index >= 15 is 0 Å². The molecule has 0 aliphatic rings. The number of carbonyl (C=O) groups is 2. The highest BCUT2D eigenvalue weighted by Crippen LogP contribution is 2.28. The molecule has 116 valence electrons. The maximum Gasteiger partial charge on any atom is 0.255 e. The molecular formula is C17H15N3O3. The first kappa shape index (κ1) is 16.0. The average Bonchev–Trinajstić information content (AvgIpc) is 2.56. The number of nitriles is 1. The monoisotopic (exact) mass is 309 g/mol. The number of carbonyl (C=O) groups excluding carboxylic acids is 2. The molecule has 0 atom stereocenters. The largest absolute Gasteiger partial charge is 0.495 e. The highest BCUT2D eigenvalue weighted by molar-refractivity contribution is 6.05. The molecule has 0 bridgehead atoms. The first-order chi connectivity index (χ1) is 11.1. The van der Waals surface area contributed by atoms with Gasteiger partial charge in [0.2, 0.25) is 5.91 Å². The Kier molecular flexibility index (Phi) is 5.31. The Morgan fingerprint density at radius 3 is 2.52 bits per heavy atom. The van der Waals surface area contributed by atoms with Crippen LogP contribution < -0.4 is 15.4 Å². The molecule has 0 spiro atoms. The van der Waals surface area contributed by atoms with Crippen LogP contribution in [0.25, 0.3) is 0 Å². The highest BCUT2D eigenvalue weighted by Gasteiger charge is 2.11. The minimum absolute atomic E-state index is 0.238. The molecule has 6 heteroatoms. The Morgan fingerprint density at radius 2 is 1.87 bits per heavy atom. The number of amides is 2. The van der Waals surface area contributed by atoms with Gasteiger partial charge in [0.15, 0.2) is 0 Å². The van der Waals surface area contributed by atoms with Gasteiger partial charge in [-0.25, -0.2) is 0 Å². The molecule has 0 fully saturated rings. The van der Waals surface area contributed by atoms with Crippen molar-refractivity contribution >= 4 is 23.2 Å². The standard InChI is InChI=1S/C17H15N3O3/c1-23-15-8-7-13(19-16(21)9-10-18)11-14(15)20-17(22)12-5-3-2-4-6-12/h2-8,11H,9H2,1H3,(H,19,21)(H,20,22). The van der Waals surface area contributed by atoms with Crippen molar-refractivity contribution in [1.82, 2.24) is 0 Å². The van der Waals surface area contributed by atoms with E-state index in [-0.39, 0.29) is 12.3 Å². The summed E-state index contributed by atoms with van der Waals surface area (Å²) in [6.45, 7) is 0. The number of ether oxygens (including phenoxy) is 1. The van der Waals surface area contributed by atoms with Crippen molar-refractivity contribution in [2.75, 3.05) is 17.7 Å². The second-order valence-corrected chi connectivity index (χ2v) is 4.62. The normalized spacial score (nSPS) is 9.57. The zero-order chi connectivity index (χ0) is 16.7. The fourth-order valence-corrected chi connectivity index (χ4v) is 1.94. The molecule has 2 aromatic rings. The fourth-order valence-electron chi connectivity index (χ4n) is 1.94. The summed E-state index contributed by atoms with van der Waals surface area (Å²) >= 11 is 0. The molecular weight excluding hydrogens is 294 g/mol. The highest BCUT2D eigenvalue weighted by atomic mass is 16.5. The molecule has 6 nitrogen and oxygen atoms in total. The molecule has 2 amide bonds. The number of methoxy groups -OCH3 is 1. The molecule has 0 saturated heterocycles. The van der Waals surface area contributed by atoms with Gasteiger partial charge in [-0.15, -0.1) is 0 Å². The Balaban J connectivity index is 2.21. The fraction of sp³-hybridized carbons (Fsp3) is 0.118. The number of anilines is 2. The zero-order valence-corrected chi connectivity index (χ0v) is 12.5. The van der Waals surface area contributed by atoms with Gasteiger partial charge in [0.25, 0.3) is 5.91 Å². The molecule has 0 radical (unpaired) electrons. The van der Waals surface area contributed by atoms with Gasteiger partial charge in [-0.05, 0) is 30.3 Å². The van der Waals surface area contributed by atoms with Crippen LogP contribution in [0.2, 0.25) is 0 Å². The second kappa shape index (κ2) is 7.61. The van der Waals surface area contributed by atoms with Crippen molar-refractivity contribution < 1.29 is 14.3 Å². The van der Waals surface area contributed by atoms with Crippen LogP contribution in [0, 0.1) is 11.3 Å². The van der Waals surface area contributed by atoms with Gasteiger partial charge in [0.05, 0.1) is 18.9 Å². The lowest BCUT2D eigenvalue weighted by atomic mass is 10.2. The summed E-state index contributed by atoms with van der Waals surface area (Å²) in [6, 6.07) is 15.4. The maximum absolute atomic E-state index is 12.2. The minimum atomic E-state index is -0.419. The van der Waals surface area contributed by atoms with E-state index in [9.17, 15) is 9.59 Å². The summed E-state index contributed by atoms with van der Waals surface area (Å²) in [6.07, 6.45) is -0.238. The van der Waals surface area contributed by atoms with Crippen molar-refractivity contribution in [3.8, 4) is 11.8 Å². The zero-order valence-electron chi connectivity index (χ0n) is 12.5. The van der Waals surface area contributed by atoms with Gasteiger partial charge >= 0.3 is 0 Å². The first-order valence-corrected chi connectivity index (χ1v) is 6.85. The molecule has 0 heterocycles. The Hall–Kier alpha value is -3.33. The summed E-state index contributed by atoms with van der Waals surface area (Å²) in [5.74, 6) is -0.241. The van der Waals surface area contributed by atoms with Gasteiger partial charge in [-0.2, -0.15) is 5.26 Å². The molecule has 0 aliphatic carbocycles. The average molecular weight is 309 g/mol. The summed E-state index contributed by atoms with van der Waals surface area (Å²) in [4.78, 5) is 23.7. The lowest BCUT2D eigenvalue weighted by Gasteiger charge is -2.12. The Morgan fingerprint density at radius 1 is 1.13 bits per heavy atom. The van der Waals surface area contributed by atoms with Crippen molar-refractivity contribution in [3.05, 3.63) is 54.1 Å². The summed E-state index contributed by atoms with van der Waals surface area (Å²) in [5.41, 5.74) is 1.40. The third-order valence-corrected chi connectivity index (χ3v) is 3.01.